The Morgan fingerprint density at radius 3 is 2.19 bits per heavy atom. The number of carbonyl (C=O) groups is 2. The fourth-order valence-corrected chi connectivity index (χ4v) is 2.12. The summed E-state index contributed by atoms with van der Waals surface area (Å²) < 4.78 is 10.3. The van der Waals surface area contributed by atoms with Crippen LogP contribution in [0, 0.1) is 0 Å². The Labute approximate surface area is 123 Å². The first-order valence-corrected chi connectivity index (χ1v) is 6.45. The van der Waals surface area contributed by atoms with Crippen LogP contribution >= 0.6 is 0 Å². The van der Waals surface area contributed by atoms with Gasteiger partial charge in [0.25, 0.3) is 0 Å². The van der Waals surface area contributed by atoms with Crippen molar-refractivity contribution in [3.8, 4) is 11.5 Å². The van der Waals surface area contributed by atoms with E-state index in [0.717, 1.165) is 0 Å². The summed E-state index contributed by atoms with van der Waals surface area (Å²) in [6, 6.07) is 11.8. The van der Waals surface area contributed by atoms with Gasteiger partial charge in [-0.05, 0) is 37.3 Å². The van der Waals surface area contributed by atoms with Crippen molar-refractivity contribution in [2.45, 2.75) is 6.92 Å². The monoisotopic (exact) mass is 284 g/mol. The van der Waals surface area contributed by atoms with E-state index in [1.807, 2.05) is 0 Å². The minimum Gasteiger partial charge on any atom is -0.497 e. The molecule has 0 fully saturated rings. The molecule has 0 aliphatic heterocycles. The van der Waals surface area contributed by atoms with E-state index >= 15 is 0 Å². The van der Waals surface area contributed by atoms with E-state index < -0.39 is 0 Å². The Balaban J connectivity index is 2.59. The van der Waals surface area contributed by atoms with Crippen LogP contribution in [-0.2, 0) is 0 Å². The van der Waals surface area contributed by atoms with Crippen LogP contribution in [0.2, 0.25) is 0 Å². The molecule has 0 unspecified atom stereocenters. The minimum atomic E-state index is -0.267. The number of hydrogen-bond acceptors (Lipinski definition) is 4. The molecule has 0 spiro atoms. The molecule has 0 radical (unpaired) electrons. The van der Waals surface area contributed by atoms with Crippen LogP contribution in [0.1, 0.15) is 33.2 Å². The van der Waals surface area contributed by atoms with Gasteiger partial charge < -0.3 is 9.47 Å². The van der Waals surface area contributed by atoms with Crippen molar-refractivity contribution in [2.24, 2.45) is 0 Å². The fraction of sp³-hybridized carbons (Fsp3) is 0.176. The Bertz CT molecular complexity index is 689. The third-order valence-electron chi connectivity index (χ3n) is 3.20. The Morgan fingerprint density at radius 2 is 1.57 bits per heavy atom. The van der Waals surface area contributed by atoms with Crippen LogP contribution in [0.15, 0.2) is 42.5 Å². The van der Waals surface area contributed by atoms with Crippen LogP contribution < -0.4 is 9.47 Å². The summed E-state index contributed by atoms with van der Waals surface area (Å²) >= 11 is 0. The van der Waals surface area contributed by atoms with E-state index in [4.69, 9.17) is 9.47 Å². The summed E-state index contributed by atoms with van der Waals surface area (Å²) in [5.41, 5.74) is 1.09. The van der Waals surface area contributed by atoms with Crippen molar-refractivity contribution in [3.05, 3.63) is 59.2 Å². The molecule has 2 aromatic rings. The number of rotatable bonds is 5. The van der Waals surface area contributed by atoms with Crippen molar-refractivity contribution in [1.29, 1.82) is 0 Å². The Kier molecular flexibility index (Phi) is 4.38. The minimum absolute atomic E-state index is 0.170. The first-order chi connectivity index (χ1) is 10.1. The molecule has 2 aromatic carbocycles. The maximum atomic E-state index is 12.7. The van der Waals surface area contributed by atoms with Gasteiger partial charge in [-0.15, -0.1) is 0 Å². The van der Waals surface area contributed by atoms with Crippen molar-refractivity contribution in [1.82, 2.24) is 0 Å². The van der Waals surface area contributed by atoms with Gasteiger partial charge >= 0.3 is 0 Å². The van der Waals surface area contributed by atoms with Gasteiger partial charge in [-0.3, -0.25) is 9.59 Å². The molecule has 108 valence electrons. The zero-order valence-electron chi connectivity index (χ0n) is 12.2. The number of ketones is 2. The van der Waals surface area contributed by atoms with E-state index in [1.54, 1.807) is 42.5 Å². The van der Waals surface area contributed by atoms with Crippen LogP contribution in [-0.4, -0.2) is 25.8 Å². The predicted octanol–water partition coefficient (Wildman–Crippen LogP) is 3.14. The lowest BCUT2D eigenvalue weighted by molar-refractivity contribution is 0.0989. The molecule has 4 heteroatoms. The first-order valence-electron chi connectivity index (χ1n) is 6.45. The topological polar surface area (TPSA) is 52.6 Å². The predicted molar refractivity (Wildman–Crippen MR) is 79.4 cm³/mol. The second kappa shape index (κ2) is 6.22. The summed E-state index contributed by atoms with van der Waals surface area (Å²) in [7, 11) is 3.02. The Hall–Kier alpha value is -2.62. The van der Waals surface area contributed by atoms with Gasteiger partial charge in [0.1, 0.15) is 11.5 Å². The van der Waals surface area contributed by atoms with Crippen molar-refractivity contribution >= 4 is 11.6 Å². The summed E-state index contributed by atoms with van der Waals surface area (Å²) in [5, 5.41) is 0. The highest BCUT2D eigenvalue weighted by molar-refractivity contribution is 6.16. The number of carbonyl (C=O) groups excluding carboxylic acids is 2. The molecule has 2 rings (SSSR count). The lowest BCUT2D eigenvalue weighted by Gasteiger charge is -2.11. The lowest BCUT2D eigenvalue weighted by Crippen LogP contribution is -2.10. The summed E-state index contributed by atoms with van der Waals surface area (Å²) in [4.78, 5) is 24.5. The highest BCUT2D eigenvalue weighted by atomic mass is 16.5. The fourth-order valence-electron chi connectivity index (χ4n) is 2.12. The zero-order valence-corrected chi connectivity index (χ0v) is 12.2. The zero-order chi connectivity index (χ0) is 15.4. The summed E-state index contributed by atoms with van der Waals surface area (Å²) in [6.07, 6.45) is 0. The second-order valence-electron chi connectivity index (χ2n) is 4.50. The number of Topliss-reactive ketones (excluding diaryl/α,β-unsaturated/α-hetero) is 1. The van der Waals surface area contributed by atoms with E-state index in [1.165, 1.54) is 21.1 Å². The molecule has 0 bridgehead atoms. The molecule has 0 aliphatic carbocycles. The molecular weight excluding hydrogens is 268 g/mol. The molecule has 0 atom stereocenters. The highest BCUT2D eigenvalue weighted by Gasteiger charge is 2.20. The van der Waals surface area contributed by atoms with Crippen molar-refractivity contribution in [3.63, 3.8) is 0 Å². The number of benzene rings is 2. The quantitative estimate of drug-likeness (QED) is 0.791. The molecular formula is C17H16O4. The third-order valence-corrected chi connectivity index (χ3v) is 3.20. The average molecular weight is 284 g/mol. The first kappa shape index (κ1) is 14.8. The molecule has 0 saturated heterocycles. The van der Waals surface area contributed by atoms with Gasteiger partial charge in [-0.2, -0.15) is 0 Å². The highest BCUT2D eigenvalue weighted by Crippen LogP contribution is 2.25. The van der Waals surface area contributed by atoms with Crippen LogP contribution in [0.3, 0.4) is 0 Å². The third kappa shape index (κ3) is 2.94. The molecule has 0 N–H and O–H groups in total. The largest absolute Gasteiger partial charge is 0.497 e. The number of para-hydroxylation sites is 1. The summed E-state index contributed by atoms with van der Waals surface area (Å²) in [6.45, 7) is 1.43. The molecule has 0 heterocycles. The normalized spacial score (nSPS) is 10.0. The second-order valence-corrected chi connectivity index (χ2v) is 4.50. The van der Waals surface area contributed by atoms with Gasteiger partial charge in [0, 0.05) is 11.1 Å². The average Bonchev–Trinajstić information content (AvgIpc) is 2.53. The molecule has 0 aliphatic rings. The smallest absolute Gasteiger partial charge is 0.197 e. The molecule has 0 amide bonds. The lowest BCUT2D eigenvalue weighted by atomic mass is 9.95. The number of methoxy groups -OCH3 is 2. The summed E-state index contributed by atoms with van der Waals surface area (Å²) in [5.74, 6) is 0.561. The SMILES string of the molecule is COc1ccc(C(C)=O)c(C(=O)c2ccccc2OC)c1. The van der Waals surface area contributed by atoms with E-state index in [0.29, 0.717) is 28.2 Å². The number of hydrogen-bond donors (Lipinski definition) is 0. The van der Waals surface area contributed by atoms with Crippen LogP contribution in [0.4, 0.5) is 0 Å². The van der Waals surface area contributed by atoms with Gasteiger partial charge in [0.2, 0.25) is 0 Å². The van der Waals surface area contributed by atoms with E-state index in [-0.39, 0.29) is 11.6 Å². The van der Waals surface area contributed by atoms with Gasteiger partial charge in [-0.1, -0.05) is 12.1 Å². The standard InChI is InChI=1S/C17H16O4/c1-11(18)13-9-8-12(20-2)10-15(13)17(19)14-6-4-5-7-16(14)21-3/h4-10H,1-3H3. The molecule has 0 saturated carbocycles. The van der Waals surface area contributed by atoms with Gasteiger partial charge in [0.15, 0.2) is 11.6 Å². The van der Waals surface area contributed by atoms with Crippen LogP contribution in [0.5, 0.6) is 11.5 Å². The van der Waals surface area contributed by atoms with Crippen LogP contribution in [0.25, 0.3) is 0 Å². The van der Waals surface area contributed by atoms with E-state index in [9.17, 15) is 9.59 Å². The maximum Gasteiger partial charge on any atom is 0.197 e. The van der Waals surface area contributed by atoms with Crippen molar-refractivity contribution < 1.29 is 19.1 Å². The molecule has 21 heavy (non-hydrogen) atoms. The molecule has 0 aromatic heterocycles. The van der Waals surface area contributed by atoms with Crippen molar-refractivity contribution in [2.75, 3.05) is 14.2 Å². The van der Waals surface area contributed by atoms with Gasteiger partial charge in [-0.25, -0.2) is 0 Å². The maximum absolute atomic E-state index is 12.7. The Morgan fingerprint density at radius 1 is 0.857 bits per heavy atom. The van der Waals surface area contributed by atoms with Gasteiger partial charge in [0.05, 0.1) is 19.8 Å². The number of ether oxygens (including phenoxy) is 2. The molecule has 4 nitrogen and oxygen atoms in total. The van der Waals surface area contributed by atoms with E-state index in [2.05, 4.69) is 0 Å².